The van der Waals surface area contributed by atoms with Crippen LogP contribution in [0.5, 0.6) is 0 Å². The molecular formula is C16H29B2N2O7P. The van der Waals surface area contributed by atoms with Gasteiger partial charge in [0.05, 0.1) is 25.4 Å². The van der Waals surface area contributed by atoms with E-state index in [4.69, 9.17) is 43.7 Å². The van der Waals surface area contributed by atoms with Gasteiger partial charge in [-0.15, -0.1) is 0 Å². The Hall–Kier alpha value is 0.0399. The maximum atomic E-state index is 13.8. The highest BCUT2D eigenvalue weighted by Crippen LogP contribution is 2.55. The van der Waals surface area contributed by atoms with Crippen molar-refractivity contribution in [3.63, 3.8) is 0 Å². The Kier molecular flexibility index (Phi) is 8.42. The maximum Gasteiger partial charge on any atom is 0.408 e. The van der Waals surface area contributed by atoms with Gasteiger partial charge in [0.25, 0.3) is 0 Å². The fourth-order valence-electron chi connectivity index (χ4n) is 3.73. The molecule has 0 bridgehead atoms. The molecule has 9 nitrogen and oxygen atoms in total. The van der Waals surface area contributed by atoms with Crippen molar-refractivity contribution in [2.75, 3.05) is 53.6 Å². The summed E-state index contributed by atoms with van der Waals surface area (Å²) in [6.07, 6.45) is -0.528. The fraction of sp³-hybridized carbons (Fsp3) is 1.00. The van der Waals surface area contributed by atoms with E-state index in [0.29, 0.717) is 45.6 Å². The van der Waals surface area contributed by atoms with Crippen molar-refractivity contribution in [1.29, 1.82) is 0 Å². The predicted octanol–water partition coefficient (Wildman–Crippen LogP) is -0.370. The van der Waals surface area contributed by atoms with Crippen LogP contribution < -0.4 is 5.32 Å². The summed E-state index contributed by atoms with van der Waals surface area (Å²) in [5.41, 5.74) is 0. The normalized spacial score (nSPS) is 39.2. The van der Waals surface area contributed by atoms with Crippen LogP contribution in [0, 0.1) is 0 Å². The van der Waals surface area contributed by atoms with Crippen molar-refractivity contribution in [2.45, 2.75) is 49.3 Å². The summed E-state index contributed by atoms with van der Waals surface area (Å²) in [7, 11) is 11.3. The van der Waals surface area contributed by atoms with Crippen LogP contribution in [0.15, 0.2) is 0 Å². The lowest BCUT2D eigenvalue weighted by Crippen LogP contribution is -2.43. The molecule has 3 fully saturated rings. The highest BCUT2D eigenvalue weighted by molar-refractivity contribution is 7.51. The van der Waals surface area contributed by atoms with E-state index >= 15 is 0 Å². The van der Waals surface area contributed by atoms with Crippen molar-refractivity contribution in [2.24, 2.45) is 0 Å². The summed E-state index contributed by atoms with van der Waals surface area (Å²) < 4.78 is 49.4. The monoisotopic (exact) mass is 414 g/mol. The zero-order valence-electron chi connectivity index (χ0n) is 16.5. The molecular weight excluding hydrogens is 385 g/mol. The Labute approximate surface area is 169 Å². The molecule has 7 atom stereocenters. The van der Waals surface area contributed by atoms with Gasteiger partial charge in [-0.05, 0) is 12.8 Å². The van der Waals surface area contributed by atoms with E-state index in [9.17, 15) is 4.57 Å². The van der Waals surface area contributed by atoms with Crippen LogP contribution in [0.25, 0.3) is 0 Å². The smallest absolute Gasteiger partial charge is 0.382 e. The first-order valence-corrected chi connectivity index (χ1v) is 11.2. The largest absolute Gasteiger partial charge is 0.408 e. The number of rotatable bonds is 9. The van der Waals surface area contributed by atoms with Crippen molar-refractivity contribution >= 4 is 23.4 Å². The fourth-order valence-corrected chi connectivity index (χ4v) is 5.68. The van der Waals surface area contributed by atoms with E-state index in [2.05, 4.69) is 5.32 Å². The van der Waals surface area contributed by atoms with Crippen LogP contribution in [-0.4, -0.2) is 110 Å². The van der Waals surface area contributed by atoms with Gasteiger partial charge in [0, 0.05) is 52.4 Å². The lowest BCUT2D eigenvalue weighted by atomic mass is 9.96. The number of piperazine rings is 1. The number of nitrogens with one attached hydrogen (secondary N) is 1. The highest BCUT2D eigenvalue weighted by Gasteiger charge is 2.44. The maximum absolute atomic E-state index is 13.8. The molecule has 0 aromatic carbocycles. The molecule has 0 amide bonds. The van der Waals surface area contributed by atoms with Gasteiger partial charge < -0.3 is 24.3 Å². The lowest BCUT2D eigenvalue weighted by molar-refractivity contribution is -0.0349. The Morgan fingerprint density at radius 3 is 2.25 bits per heavy atom. The minimum Gasteiger partial charge on any atom is -0.382 e. The molecule has 156 valence electrons. The average Bonchev–Trinajstić information content (AvgIpc) is 3.22. The number of nitrogens with zero attached hydrogens (tertiary/aromatic N) is 1. The van der Waals surface area contributed by atoms with Gasteiger partial charge >= 0.3 is 7.75 Å². The van der Waals surface area contributed by atoms with Crippen LogP contribution in [-0.2, 0) is 32.6 Å². The van der Waals surface area contributed by atoms with Crippen LogP contribution in [0.2, 0.25) is 0 Å². The molecule has 3 aliphatic heterocycles. The topological polar surface area (TPSA) is 87.7 Å². The van der Waals surface area contributed by atoms with Crippen LogP contribution in [0.4, 0.5) is 0 Å². The summed E-state index contributed by atoms with van der Waals surface area (Å²) >= 11 is 0. The van der Waals surface area contributed by atoms with Gasteiger partial charge in [0.2, 0.25) is 0 Å². The van der Waals surface area contributed by atoms with Crippen molar-refractivity contribution in [3.05, 3.63) is 0 Å². The first kappa shape index (κ1) is 22.7. The summed E-state index contributed by atoms with van der Waals surface area (Å²) in [6, 6.07) is -0.916. The molecule has 6 unspecified atom stereocenters. The summed E-state index contributed by atoms with van der Waals surface area (Å²) in [6.45, 7) is 2.85. The minimum absolute atomic E-state index is 0.0575. The SMILES string of the molecule is [B]C1CC(OP(=O)(OCC2OC([B])C[C@@H]2OC)N2CCNCC2)C(COC)O1. The first-order valence-electron chi connectivity index (χ1n) is 9.68. The molecule has 0 aromatic heterocycles. The first-order chi connectivity index (χ1) is 13.4. The Balaban J connectivity index is 1.69. The third kappa shape index (κ3) is 5.59. The van der Waals surface area contributed by atoms with E-state index in [1.165, 1.54) is 0 Å². The van der Waals surface area contributed by atoms with Crippen LogP contribution >= 0.6 is 7.75 Å². The van der Waals surface area contributed by atoms with Gasteiger partial charge in [-0.2, -0.15) is 0 Å². The zero-order valence-corrected chi connectivity index (χ0v) is 17.4. The number of hydrogen-bond acceptors (Lipinski definition) is 8. The minimum atomic E-state index is -3.61. The average molecular weight is 414 g/mol. The third-order valence-corrected chi connectivity index (χ3v) is 7.31. The second kappa shape index (κ2) is 10.4. The zero-order chi connectivity index (χ0) is 20.1. The molecule has 12 heteroatoms. The number of hydrogen-bond donors (Lipinski definition) is 1. The molecule has 0 saturated carbocycles. The van der Waals surface area contributed by atoms with E-state index in [1.54, 1.807) is 18.9 Å². The van der Waals surface area contributed by atoms with E-state index in [0.717, 1.165) is 0 Å². The molecule has 1 N–H and O–H groups in total. The van der Waals surface area contributed by atoms with Crippen molar-refractivity contribution in [3.8, 4) is 0 Å². The highest BCUT2D eigenvalue weighted by atomic mass is 31.2. The molecule has 3 rings (SSSR count). The molecule has 0 aliphatic carbocycles. The van der Waals surface area contributed by atoms with Crippen LogP contribution in [0.3, 0.4) is 0 Å². The summed E-state index contributed by atoms with van der Waals surface area (Å²) in [5, 5.41) is 3.24. The Bertz CT molecular complexity index is 543. The summed E-state index contributed by atoms with van der Waals surface area (Å²) in [5.74, 6) is 0. The predicted molar refractivity (Wildman–Crippen MR) is 104 cm³/mol. The van der Waals surface area contributed by atoms with Gasteiger partial charge in [0.1, 0.15) is 27.9 Å². The lowest BCUT2D eigenvalue weighted by Gasteiger charge is -2.35. The molecule has 3 saturated heterocycles. The van der Waals surface area contributed by atoms with Crippen LogP contribution in [0.1, 0.15) is 12.8 Å². The van der Waals surface area contributed by atoms with E-state index < -0.39 is 38.1 Å². The van der Waals surface area contributed by atoms with Gasteiger partial charge in [-0.1, -0.05) is 0 Å². The molecule has 0 aromatic rings. The molecule has 3 heterocycles. The molecule has 28 heavy (non-hydrogen) atoms. The molecule has 4 radical (unpaired) electrons. The van der Waals surface area contributed by atoms with Gasteiger partial charge in [-0.25, -0.2) is 9.24 Å². The standard InChI is InChI=1S/C16H29B2N2O7P/c1-22-9-13-12(8-16(18)25-13)27-28(21,20-5-3-19-4-6-20)24-10-14-11(23-2)7-15(17)26-14/h11-16,19H,3-10H2,1-2H3/t11-,12?,13?,14?,15?,16?,28?/m0/s1. The quantitative estimate of drug-likeness (QED) is 0.401. The second-order valence-corrected chi connectivity index (χ2v) is 9.21. The summed E-state index contributed by atoms with van der Waals surface area (Å²) in [4.78, 5) is 0. The third-order valence-electron chi connectivity index (χ3n) is 5.20. The van der Waals surface area contributed by atoms with Crippen molar-refractivity contribution in [1.82, 2.24) is 9.99 Å². The van der Waals surface area contributed by atoms with Gasteiger partial charge in [-0.3, -0.25) is 9.05 Å². The Morgan fingerprint density at radius 2 is 1.64 bits per heavy atom. The number of methoxy groups -OCH3 is 2. The van der Waals surface area contributed by atoms with Crippen molar-refractivity contribution < 1.29 is 32.6 Å². The number of ether oxygens (including phenoxy) is 4. The van der Waals surface area contributed by atoms with E-state index in [1.807, 2.05) is 0 Å². The Morgan fingerprint density at radius 1 is 1.04 bits per heavy atom. The second-order valence-electron chi connectivity index (χ2n) is 7.24. The molecule has 3 aliphatic rings. The van der Waals surface area contributed by atoms with Gasteiger partial charge in [0.15, 0.2) is 0 Å². The van der Waals surface area contributed by atoms with E-state index in [-0.39, 0.29) is 12.7 Å². The molecule has 0 spiro atoms.